The highest BCUT2D eigenvalue weighted by Crippen LogP contribution is 2.23. The maximum absolute atomic E-state index is 11.3. The number of aromatic carboxylic acids is 1. The third kappa shape index (κ3) is 2.18. The molecule has 0 saturated heterocycles. The number of fused-ring (bicyclic) bond motifs is 1. The first-order chi connectivity index (χ1) is 8.13. The molecule has 0 fully saturated rings. The smallest absolute Gasteiger partial charge is 0.337 e. The highest BCUT2D eigenvalue weighted by Gasteiger charge is 2.13. The fourth-order valence-corrected chi connectivity index (χ4v) is 2.18. The molecule has 17 heavy (non-hydrogen) atoms. The normalized spacial score (nSPS) is 10.9. The summed E-state index contributed by atoms with van der Waals surface area (Å²) < 4.78 is 2.04. The molecule has 1 aromatic carbocycles. The van der Waals surface area contributed by atoms with Gasteiger partial charge in [0, 0.05) is 18.1 Å². The second-order valence-electron chi connectivity index (χ2n) is 4.42. The minimum atomic E-state index is -0.852. The van der Waals surface area contributed by atoms with Crippen molar-refractivity contribution in [2.75, 3.05) is 0 Å². The predicted octanol–water partition coefficient (Wildman–Crippen LogP) is 3.45. The highest BCUT2D eigenvalue weighted by atomic mass is 16.4. The van der Waals surface area contributed by atoms with Gasteiger partial charge < -0.3 is 9.67 Å². The highest BCUT2D eigenvalue weighted by molar-refractivity contribution is 6.02. The molecular weight excluding hydrogens is 214 g/mol. The second-order valence-corrected chi connectivity index (χ2v) is 4.42. The summed E-state index contributed by atoms with van der Waals surface area (Å²) in [6.07, 6.45) is 4.15. The van der Waals surface area contributed by atoms with Gasteiger partial charge >= 0.3 is 5.97 Å². The number of unbranched alkanes of at least 4 members (excludes halogenated alkanes) is 1. The zero-order chi connectivity index (χ0) is 12.4. The summed E-state index contributed by atoms with van der Waals surface area (Å²) in [4.78, 5) is 11.3. The summed E-state index contributed by atoms with van der Waals surface area (Å²) >= 11 is 0. The van der Waals surface area contributed by atoms with Gasteiger partial charge in [-0.3, -0.25) is 0 Å². The maximum atomic E-state index is 11.3. The standard InChI is InChI=1S/C14H17NO2/c1-3-4-6-15-7-5-11-8-10(2)9-12(13(11)15)14(16)17/h5,7-9H,3-4,6H2,1-2H3,(H,16,17). The third-order valence-corrected chi connectivity index (χ3v) is 2.99. The Hall–Kier alpha value is -1.77. The second kappa shape index (κ2) is 4.62. The van der Waals surface area contributed by atoms with Crippen molar-refractivity contribution in [1.82, 2.24) is 4.57 Å². The summed E-state index contributed by atoms with van der Waals surface area (Å²) in [5.74, 6) is -0.852. The number of hydrogen-bond acceptors (Lipinski definition) is 1. The van der Waals surface area contributed by atoms with Gasteiger partial charge in [-0.15, -0.1) is 0 Å². The van der Waals surface area contributed by atoms with E-state index in [1.54, 1.807) is 6.07 Å². The molecule has 0 bridgehead atoms. The molecule has 0 aliphatic carbocycles. The van der Waals surface area contributed by atoms with E-state index in [-0.39, 0.29) is 0 Å². The van der Waals surface area contributed by atoms with E-state index >= 15 is 0 Å². The number of hydrogen-bond donors (Lipinski definition) is 1. The summed E-state index contributed by atoms with van der Waals surface area (Å²) in [6.45, 7) is 4.94. The zero-order valence-corrected chi connectivity index (χ0v) is 10.2. The van der Waals surface area contributed by atoms with Crippen LogP contribution in [0, 0.1) is 6.92 Å². The van der Waals surface area contributed by atoms with Gasteiger partial charge in [-0.25, -0.2) is 4.79 Å². The van der Waals surface area contributed by atoms with Gasteiger partial charge in [0.15, 0.2) is 0 Å². The number of carboxylic acid groups (broad SMARTS) is 1. The van der Waals surface area contributed by atoms with Gasteiger partial charge in [0.05, 0.1) is 11.1 Å². The Labute approximate surface area is 101 Å². The maximum Gasteiger partial charge on any atom is 0.337 e. The molecular formula is C14H17NO2. The van der Waals surface area contributed by atoms with Crippen LogP contribution in [-0.4, -0.2) is 15.6 Å². The monoisotopic (exact) mass is 231 g/mol. The van der Waals surface area contributed by atoms with Crippen LogP contribution < -0.4 is 0 Å². The van der Waals surface area contributed by atoms with Crippen molar-refractivity contribution in [2.24, 2.45) is 0 Å². The topological polar surface area (TPSA) is 42.2 Å². The molecule has 0 saturated carbocycles. The van der Waals surface area contributed by atoms with E-state index in [1.807, 2.05) is 29.8 Å². The number of carboxylic acids is 1. The van der Waals surface area contributed by atoms with Crippen LogP contribution in [0.2, 0.25) is 0 Å². The lowest BCUT2D eigenvalue weighted by molar-refractivity contribution is 0.0698. The molecule has 0 unspecified atom stereocenters. The SMILES string of the molecule is CCCCn1ccc2cc(C)cc(C(=O)O)c21. The molecule has 3 nitrogen and oxygen atoms in total. The Morgan fingerprint density at radius 2 is 2.18 bits per heavy atom. The number of aromatic nitrogens is 1. The van der Waals surface area contributed by atoms with Crippen LogP contribution >= 0.6 is 0 Å². The Balaban J connectivity index is 2.60. The van der Waals surface area contributed by atoms with Crippen LogP contribution in [0.5, 0.6) is 0 Å². The molecule has 90 valence electrons. The molecule has 3 heteroatoms. The largest absolute Gasteiger partial charge is 0.478 e. The van der Waals surface area contributed by atoms with Gasteiger partial charge in [-0.1, -0.05) is 13.3 Å². The van der Waals surface area contributed by atoms with E-state index in [1.165, 1.54) is 0 Å². The summed E-state index contributed by atoms with van der Waals surface area (Å²) in [6, 6.07) is 5.77. The number of benzene rings is 1. The fourth-order valence-electron chi connectivity index (χ4n) is 2.18. The van der Waals surface area contributed by atoms with E-state index in [4.69, 9.17) is 0 Å². The average Bonchev–Trinajstić information content (AvgIpc) is 2.68. The molecule has 1 heterocycles. The van der Waals surface area contributed by atoms with E-state index in [0.29, 0.717) is 5.56 Å². The average molecular weight is 231 g/mol. The summed E-state index contributed by atoms with van der Waals surface area (Å²) in [7, 11) is 0. The number of nitrogens with zero attached hydrogens (tertiary/aromatic N) is 1. The van der Waals surface area contributed by atoms with Crippen molar-refractivity contribution in [3.05, 3.63) is 35.5 Å². The molecule has 1 N–H and O–H groups in total. The molecule has 0 radical (unpaired) electrons. The molecule has 0 aliphatic heterocycles. The van der Waals surface area contributed by atoms with Crippen LogP contribution in [0.15, 0.2) is 24.4 Å². The van der Waals surface area contributed by atoms with Crippen molar-refractivity contribution in [3.63, 3.8) is 0 Å². The van der Waals surface area contributed by atoms with Gasteiger partial charge in [-0.05, 0) is 37.1 Å². The lowest BCUT2D eigenvalue weighted by atomic mass is 10.1. The van der Waals surface area contributed by atoms with Gasteiger partial charge in [0.25, 0.3) is 0 Å². The zero-order valence-electron chi connectivity index (χ0n) is 10.2. The first-order valence-electron chi connectivity index (χ1n) is 5.96. The molecule has 2 rings (SSSR count). The van der Waals surface area contributed by atoms with E-state index < -0.39 is 5.97 Å². The Morgan fingerprint density at radius 3 is 2.82 bits per heavy atom. The minimum absolute atomic E-state index is 0.404. The molecule has 0 aliphatic rings. The predicted molar refractivity (Wildman–Crippen MR) is 68.5 cm³/mol. The van der Waals surface area contributed by atoms with Crippen molar-refractivity contribution >= 4 is 16.9 Å². The van der Waals surface area contributed by atoms with E-state index in [2.05, 4.69) is 6.92 Å². The van der Waals surface area contributed by atoms with Crippen LogP contribution in [-0.2, 0) is 6.54 Å². The molecule has 0 spiro atoms. The lowest BCUT2D eigenvalue weighted by Crippen LogP contribution is -2.03. The summed E-state index contributed by atoms with van der Waals surface area (Å²) in [5.41, 5.74) is 2.24. The molecule has 1 aromatic heterocycles. The number of aryl methyl sites for hydroxylation is 2. The van der Waals surface area contributed by atoms with Crippen LogP contribution in [0.3, 0.4) is 0 Å². The quantitative estimate of drug-likeness (QED) is 0.875. The Kier molecular flexibility index (Phi) is 3.18. The Bertz CT molecular complexity index is 555. The van der Waals surface area contributed by atoms with Crippen molar-refractivity contribution in [1.29, 1.82) is 0 Å². The third-order valence-electron chi connectivity index (χ3n) is 2.99. The Morgan fingerprint density at radius 1 is 1.41 bits per heavy atom. The summed E-state index contributed by atoms with van der Waals surface area (Å²) in [5, 5.41) is 10.3. The van der Waals surface area contributed by atoms with Crippen molar-refractivity contribution in [2.45, 2.75) is 33.2 Å². The first-order valence-corrected chi connectivity index (χ1v) is 5.96. The molecule has 0 amide bonds. The lowest BCUT2D eigenvalue weighted by Gasteiger charge is -2.07. The first kappa shape index (κ1) is 11.7. The van der Waals surface area contributed by atoms with Gasteiger partial charge in [-0.2, -0.15) is 0 Å². The van der Waals surface area contributed by atoms with E-state index in [9.17, 15) is 9.90 Å². The van der Waals surface area contributed by atoms with Gasteiger partial charge in [0.2, 0.25) is 0 Å². The van der Waals surface area contributed by atoms with Crippen molar-refractivity contribution < 1.29 is 9.90 Å². The van der Waals surface area contributed by atoms with Crippen molar-refractivity contribution in [3.8, 4) is 0 Å². The molecule has 2 aromatic rings. The van der Waals surface area contributed by atoms with Crippen LogP contribution in [0.25, 0.3) is 10.9 Å². The number of rotatable bonds is 4. The van der Waals surface area contributed by atoms with Crippen LogP contribution in [0.4, 0.5) is 0 Å². The van der Waals surface area contributed by atoms with E-state index in [0.717, 1.165) is 35.9 Å². The van der Waals surface area contributed by atoms with Gasteiger partial charge in [0.1, 0.15) is 0 Å². The number of carbonyl (C=O) groups is 1. The molecule has 0 atom stereocenters. The minimum Gasteiger partial charge on any atom is -0.478 e. The van der Waals surface area contributed by atoms with Crippen LogP contribution in [0.1, 0.15) is 35.7 Å². The fraction of sp³-hybridized carbons (Fsp3) is 0.357.